The molecule has 2 rings (SSSR count). The Labute approximate surface area is 117 Å². The van der Waals surface area contributed by atoms with Crippen molar-refractivity contribution in [3.63, 3.8) is 0 Å². The fraction of sp³-hybridized carbons (Fsp3) is 0.375. The van der Waals surface area contributed by atoms with E-state index in [2.05, 4.69) is 0 Å². The Morgan fingerprint density at radius 2 is 2.00 bits per heavy atom. The fourth-order valence-electron chi connectivity index (χ4n) is 2.09. The maximum absolute atomic E-state index is 12.2. The van der Waals surface area contributed by atoms with Crippen LogP contribution in [0.3, 0.4) is 0 Å². The first-order valence-electron chi connectivity index (χ1n) is 6.56. The summed E-state index contributed by atoms with van der Waals surface area (Å²) in [6.45, 7) is 5.49. The Morgan fingerprint density at radius 3 is 2.60 bits per heavy atom. The van der Waals surface area contributed by atoms with Crippen molar-refractivity contribution in [2.24, 2.45) is 5.92 Å². The molecule has 2 aromatic rings. The monoisotopic (exact) mass is 274 g/mol. The van der Waals surface area contributed by atoms with Crippen molar-refractivity contribution < 1.29 is 13.9 Å². The number of methoxy groups -OCH3 is 1. The van der Waals surface area contributed by atoms with Crippen molar-refractivity contribution in [1.29, 1.82) is 0 Å². The number of benzene rings is 1. The maximum atomic E-state index is 12.2. The van der Waals surface area contributed by atoms with Crippen LogP contribution in [0.4, 0.5) is 0 Å². The third-order valence-electron chi connectivity index (χ3n) is 3.28. The highest BCUT2D eigenvalue weighted by molar-refractivity contribution is 5.84. The molecule has 0 atom stereocenters. The molecule has 0 radical (unpaired) electrons. The minimum atomic E-state index is -0.127. The van der Waals surface area contributed by atoms with Gasteiger partial charge in [0.1, 0.15) is 22.9 Å². The van der Waals surface area contributed by atoms with Crippen molar-refractivity contribution in [2.75, 3.05) is 7.11 Å². The van der Waals surface area contributed by atoms with Crippen LogP contribution < -0.4 is 10.2 Å². The van der Waals surface area contributed by atoms with Crippen molar-refractivity contribution in [3.8, 4) is 5.75 Å². The number of hydrogen-bond acceptors (Lipinski definition) is 4. The van der Waals surface area contributed by atoms with Gasteiger partial charge in [0.25, 0.3) is 0 Å². The number of fused-ring (bicyclic) bond motifs is 1. The van der Waals surface area contributed by atoms with E-state index in [1.807, 2.05) is 20.8 Å². The molecule has 0 spiro atoms. The molecule has 0 aliphatic heterocycles. The Bertz CT molecular complexity index is 710. The second-order valence-corrected chi connectivity index (χ2v) is 5.19. The molecule has 0 saturated carbocycles. The lowest BCUT2D eigenvalue weighted by molar-refractivity contribution is -0.121. The average molecular weight is 274 g/mol. The normalized spacial score (nSPS) is 11.1. The fourth-order valence-corrected chi connectivity index (χ4v) is 2.09. The molecule has 106 valence electrons. The number of rotatable bonds is 4. The molecule has 1 aromatic heterocycles. The standard InChI is InChI=1S/C16H18O4/c1-9(2)13(17)6-12-7-14(18)16-10(3)5-11(19-4)8-15(16)20-12/h5,7-9H,6H2,1-4H3. The molecular formula is C16H18O4. The molecule has 4 nitrogen and oxygen atoms in total. The molecule has 0 bridgehead atoms. The Morgan fingerprint density at radius 1 is 1.30 bits per heavy atom. The summed E-state index contributed by atoms with van der Waals surface area (Å²) >= 11 is 0. The minimum absolute atomic E-state index is 0.0483. The number of hydrogen-bond donors (Lipinski definition) is 0. The molecule has 0 unspecified atom stereocenters. The maximum Gasteiger partial charge on any atom is 0.193 e. The summed E-state index contributed by atoms with van der Waals surface area (Å²) < 4.78 is 10.9. The number of ether oxygens (including phenoxy) is 1. The average Bonchev–Trinajstić information content (AvgIpc) is 2.37. The summed E-state index contributed by atoms with van der Waals surface area (Å²) in [5.41, 5.74) is 1.13. The van der Waals surface area contributed by atoms with Gasteiger partial charge in [0.2, 0.25) is 0 Å². The molecule has 0 aliphatic carbocycles. The van der Waals surface area contributed by atoms with Gasteiger partial charge in [0, 0.05) is 18.1 Å². The number of aryl methyl sites for hydroxylation is 1. The molecule has 0 aliphatic rings. The predicted octanol–water partition coefficient (Wildman–Crippen LogP) is 2.88. The van der Waals surface area contributed by atoms with Crippen molar-refractivity contribution in [2.45, 2.75) is 27.2 Å². The number of carbonyl (C=O) groups excluding carboxylic acids is 1. The van der Waals surface area contributed by atoms with Gasteiger partial charge in [-0.15, -0.1) is 0 Å². The van der Waals surface area contributed by atoms with E-state index in [4.69, 9.17) is 9.15 Å². The molecule has 20 heavy (non-hydrogen) atoms. The highest BCUT2D eigenvalue weighted by atomic mass is 16.5. The van der Waals surface area contributed by atoms with Gasteiger partial charge in [-0.05, 0) is 18.6 Å². The Kier molecular flexibility index (Phi) is 3.93. The summed E-state index contributed by atoms with van der Waals surface area (Å²) in [5, 5.41) is 0.534. The smallest absolute Gasteiger partial charge is 0.193 e. The summed E-state index contributed by atoms with van der Waals surface area (Å²) in [6.07, 6.45) is 0.138. The zero-order valence-electron chi connectivity index (χ0n) is 12.1. The number of ketones is 1. The Balaban J connectivity index is 2.56. The number of Topliss-reactive ketones (excluding diaryl/α,β-unsaturated/α-hetero) is 1. The highest BCUT2D eigenvalue weighted by Gasteiger charge is 2.14. The topological polar surface area (TPSA) is 56.5 Å². The second kappa shape index (κ2) is 5.49. The van der Waals surface area contributed by atoms with Crippen LogP contribution >= 0.6 is 0 Å². The third-order valence-corrected chi connectivity index (χ3v) is 3.28. The summed E-state index contributed by atoms with van der Waals surface area (Å²) in [7, 11) is 1.56. The van der Waals surface area contributed by atoms with Gasteiger partial charge < -0.3 is 9.15 Å². The molecule has 1 heterocycles. The van der Waals surface area contributed by atoms with Crippen molar-refractivity contribution in [3.05, 3.63) is 39.7 Å². The zero-order chi connectivity index (χ0) is 14.9. The van der Waals surface area contributed by atoms with E-state index >= 15 is 0 Å². The minimum Gasteiger partial charge on any atom is -0.497 e. The summed E-state index contributed by atoms with van der Waals surface area (Å²) in [5.74, 6) is 0.995. The van der Waals surface area contributed by atoms with Crippen LogP contribution in [0.1, 0.15) is 25.2 Å². The van der Waals surface area contributed by atoms with E-state index in [1.54, 1.807) is 19.2 Å². The largest absolute Gasteiger partial charge is 0.497 e. The summed E-state index contributed by atoms with van der Waals surface area (Å²) in [6, 6.07) is 4.87. The van der Waals surface area contributed by atoms with Gasteiger partial charge in [-0.2, -0.15) is 0 Å². The molecule has 4 heteroatoms. The van der Waals surface area contributed by atoms with Crippen LogP contribution in [0.25, 0.3) is 11.0 Å². The van der Waals surface area contributed by atoms with Crippen LogP contribution in [-0.2, 0) is 11.2 Å². The molecule has 0 N–H and O–H groups in total. The Hall–Kier alpha value is -2.10. The van der Waals surface area contributed by atoms with Crippen LogP contribution in [0, 0.1) is 12.8 Å². The van der Waals surface area contributed by atoms with Crippen LogP contribution in [0.2, 0.25) is 0 Å². The van der Waals surface area contributed by atoms with Crippen LogP contribution in [-0.4, -0.2) is 12.9 Å². The van der Waals surface area contributed by atoms with Crippen molar-refractivity contribution in [1.82, 2.24) is 0 Å². The molecule has 0 amide bonds. The van der Waals surface area contributed by atoms with Gasteiger partial charge in [0.05, 0.1) is 18.9 Å². The van der Waals surface area contributed by atoms with Gasteiger partial charge in [-0.3, -0.25) is 9.59 Å². The zero-order valence-corrected chi connectivity index (χ0v) is 12.1. The second-order valence-electron chi connectivity index (χ2n) is 5.19. The van der Waals surface area contributed by atoms with Crippen LogP contribution in [0.5, 0.6) is 5.75 Å². The summed E-state index contributed by atoms with van der Waals surface area (Å²) in [4.78, 5) is 23.9. The van der Waals surface area contributed by atoms with Gasteiger partial charge in [-0.1, -0.05) is 13.8 Å². The first-order valence-corrected chi connectivity index (χ1v) is 6.56. The molecule has 0 fully saturated rings. The van der Waals surface area contributed by atoms with E-state index < -0.39 is 0 Å². The van der Waals surface area contributed by atoms with E-state index in [-0.39, 0.29) is 23.6 Å². The van der Waals surface area contributed by atoms with E-state index in [0.717, 1.165) is 5.56 Å². The van der Waals surface area contributed by atoms with Gasteiger partial charge >= 0.3 is 0 Å². The molecule has 0 saturated heterocycles. The number of carbonyl (C=O) groups is 1. The van der Waals surface area contributed by atoms with Gasteiger partial charge in [0.15, 0.2) is 5.43 Å². The predicted molar refractivity (Wildman–Crippen MR) is 77.3 cm³/mol. The quantitative estimate of drug-likeness (QED) is 0.860. The van der Waals surface area contributed by atoms with Crippen molar-refractivity contribution >= 4 is 16.8 Å². The lowest BCUT2D eigenvalue weighted by Gasteiger charge is -2.08. The van der Waals surface area contributed by atoms with E-state index in [1.165, 1.54) is 6.07 Å². The van der Waals surface area contributed by atoms with E-state index in [0.29, 0.717) is 22.5 Å². The van der Waals surface area contributed by atoms with Crippen LogP contribution in [0.15, 0.2) is 27.4 Å². The third kappa shape index (κ3) is 2.74. The first kappa shape index (κ1) is 14.3. The SMILES string of the molecule is COc1cc(C)c2c(=O)cc(CC(=O)C(C)C)oc2c1. The van der Waals surface area contributed by atoms with E-state index in [9.17, 15) is 9.59 Å². The first-order chi connectivity index (χ1) is 9.42. The molecular weight excluding hydrogens is 256 g/mol. The molecule has 1 aromatic carbocycles. The van der Waals surface area contributed by atoms with Gasteiger partial charge in [-0.25, -0.2) is 0 Å². The highest BCUT2D eigenvalue weighted by Crippen LogP contribution is 2.23. The lowest BCUT2D eigenvalue weighted by Crippen LogP contribution is -2.12. The lowest BCUT2D eigenvalue weighted by atomic mass is 10.0.